The minimum Gasteiger partial charge on any atom is -0.479 e. The van der Waals surface area contributed by atoms with Crippen molar-refractivity contribution in [2.45, 2.75) is 0 Å². The summed E-state index contributed by atoms with van der Waals surface area (Å²) in [4.78, 5) is 0. The summed E-state index contributed by atoms with van der Waals surface area (Å²) in [6.45, 7) is 0.532. The van der Waals surface area contributed by atoms with Gasteiger partial charge >= 0.3 is 0 Å². The third-order valence-corrected chi connectivity index (χ3v) is 2.66. The minimum absolute atomic E-state index is 0.532. The van der Waals surface area contributed by atoms with Crippen LogP contribution in [0.2, 0.25) is 5.02 Å². The summed E-state index contributed by atoms with van der Waals surface area (Å²) in [6, 6.07) is 5.65. The normalized spacial score (nSPS) is 14.8. The van der Waals surface area contributed by atoms with Crippen molar-refractivity contribution < 1.29 is 4.74 Å². The first-order chi connectivity index (χ1) is 6.27. The maximum Gasteiger partial charge on any atom is 0.158 e. The molecule has 0 radical (unpaired) electrons. The van der Waals surface area contributed by atoms with Crippen LogP contribution in [-0.2, 0) is 4.74 Å². The maximum absolute atomic E-state index is 5.82. The Morgan fingerprint density at radius 1 is 1.46 bits per heavy atom. The van der Waals surface area contributed by atoms with Gasteiger partial charge in [0.1, 0.15) is 6.26 Å². The summed E-state index contributed by atoms with van der Waals surface area (Å²) in [7, 11) is 0. The van der Waals surface area contributed by atoms with Crippen molar-refractivity contribution in [2.75, 3.05) is 6.73 Å². The minimum atomic E-state index is 0.532. The second-order valence-corrected chi connectivity index (χ2v) is 3.93. The number of rotatable bonds is 1. The molecular weight excluding hydrogens is 253 g/mol. The molecule has 0 aromatic heterocycles. The van der Waals surface area contributed by atoms with Gasteiger partial charge in [0.05, 0.1) is 5.70 Å². The quantitative estimate of drug-likeness (QED) is 0.838. The second-order valence-electron chi connectivity index (χ2n) is 2.64. The summed E-state index contributed by atoms with van der Waals surface area (Å²) in [5.41, 5.74) is 2.03. The molecule has 1 aromatic carbocycles. The molecule has 1 N–H and O–H groups in total. The average molecular weight is 261 g/mol. The van der Waals surface area contributed by atoms with Crippen LogP contribution in [0.4, 0.5) is 0 Å². The number of hydrogen-bond acceptors (Lipinski definition) is 2. The average Bonchev–Trinajstić information content (AvgIpc) is 2.56. The lowest BCUT2D eigenvalue weighted by Gasteiger charge is -2.04. The van der Waals surface area contributed by atoms with Crippen LogP contribution < -0.4 is 5.32 Å². The molecule has 0 atom stereocenters. The maximum atomic E-state index is 5.82. The van der Waals surface area contributed by atoms with Gasteiger partial charge in [0, 0.05) is 15.1 Å². The molecule has 0 bridgehead atoms. The van der Waals surface area contributed by atoms with E-state index in [4.69, 9.17) is 16.3 Å². The molecule has 1 aliphatic rings. The number of benzene rings is 1. The van der Waals surface area contributed by atoms with E-state index in [1.54, 1.807) is 6.26 Å². The molecule has 0 fully saturated rings. The van der Waals surface area contributed by atoms with E-state index in [-0.39, 0.29) is 0 Å². The van der Waals surface area contributed by atoms with E-state index >= 15 is 0 Å². The molecular formula is C9H7BrClNO. The van der Waals surface area contributed by atoms with Crippen molar-refractivity contribution in [1.82, 2.24) is 5.32 Å². The largest absolute Gasteiger partial charge is 0.479 e. The highest BCUT2D eigenvalue weighted by Gasteiger charge is 2.10. The van der Waals surface area contributed by atoms with Gasteiger partial charge in [0.15, 0.2) is 6.73 Å². The molecule has 0 spiro atoms. The Morgan fingerprint density at radius 2 is 2.31 bits per heavy atom. The van der Waals surface area contributed by atoms with Gasteiger partial charge in [-0.15, -0.1) is 0 Å². The summed E-state index contributed by atoms with van der Waals surface area (Å²) in [5.74, 6) is 0. The molecule has 0 unspecified atom stereocenters. The lowest BCUT2D eigenvalue weighted by atomic mass is 10.2. The van der Waals surface area contributed by atoms with Gasteiger partial charge in [-0.05, 0) is 12.1 Å². The number of halogens is 2. The first-order valence-electron chi connectivity index (χ1n) is 3.78. The standard InChI is InChI=1S/C9H7BrClNO/c10-8-3-6(11)1-2-7(8)9-4-13-5-12-9/h1-4,12H,5H2. The Morgan fingerprint density at radius 3 is 2.92 bits per heavy atom. The van der Waals surface area contributed by atoms with Crippen LogP contribution >= 0.6 is 27.5 Å². The molecule has 0 aliphatic carbocycles. The van der Waals surface area contributed by atoms with Gasteiger partial charge in [-0.3, -0.25) is 0 Å². The molecule has 1 aromatic rings. The van der Waals surface area contributed by atoms with Crippen molar-refractivity contribution in [3.63, 3.8) is 0 Å². The number of nitrogens with one attached hydrogen (secondary N) is 1. The highest BCUT2D eigenvalue weighted by molar-refractivity contribution is 9.10. The Kier molecular flexibility index (Phi) is 2.47. The summed E-state index contributed by atoms with van der Waals surface area (Å²) < 4.78 is 6.03. The molecule has 2 rings (SSSR count). The van der Waals surface area contributed by atoms with E-state index in [1.165, 1.54) is 0 Å². The zero-order valence-electron chi connectivity index (χ0n) is 6.68. The first kappa shape index (κ1) is 8.91. The van der Waals surface area contributed by atoms with E-state index in [9.17, 15) is 0 Å². The van der Waals surface area contributed by atoms with Crippen molar-refractivity contribution in [1.29, 1.82) is 0 Å². The molecule has 2 nitrogen and oxygen atoms in total. The number of ether oxygens (including phenoxy) is 1. The van der Waals surface area contributed by atoms with Crippen molar-refractivity contribution in [3.8, 4) is 0 Å². The SMILES string of the molecule is Clc1ccc(C2=COCN2)c(Br)c1. The highest BCUT2D eigenvalue weighted by Crippen LogP contribution is 2.27. The molecule has 0 saturated heterocycles. The fraction of sp³-hybridized carbons (Fsp3) is 0.111. The van der Waals surface area contributed by atoms with Crippen LogP contribution in [0, 0.1) is 0 Å². The summed E-state index contributed by atoms with van der Waals surface area (Å²) in [5, 5.41) is 3.82. The van der Waals surface area contributed by atoms with Gasteiger partial charge < -0.3 is 10.1 Å². The third-order valence-electron chi connectivity index (χ3n) is 1.77. The van der Waals surface area contributed by atoms with Crippen LogP contribution in [0.25, 0.3) is 5.70 Å². The lowest BCUT2D eigenvalue weighted by molar-refractivity contribution is 0.267. The predicted molar refractivity (Wildman–Crippen MR) is 56.2 cm³/mol. The lowest BCUT2D eigenvalue weighted by Crippen LogP contribution is -2.07. The fourth-order valence-corrected chi connectivity index (χ4v) is 2.05. The molecule has 13 heavy (non-hydrogen) atoms. The van der Waals surface area contributed by atoms with Crippen molar-refractivity contribution >= 4 is 33.2 Å². The van der Waals surface area contributed by atoms with Crippen LogP contribution in [-0.4, -0.2) is 6.73 Å². The van der Waals surface area contributed by atoms with Crippen molar-refractivity contribution in [3.05, 3.63) is 39.5 Å². The zero-order valence-corrected chi connectivity index (χ0v) is 9.02. The van der Waals surface area contributed by atoms with E-state index in [1.807, 2.05) is 18.2 Å². The second kappa shape index (κ2) is 3.60. The highest BCUT2D eigenvalue weighted by atomic mass is 79.9. The number of hydrogen-bond donors (Lipinski definition) is 1. The van der Waals surface area contributed by atoms with Crippen LogP contribution in [0.15, 0.2) is 28.9 Å². The van der Waals surface area contributed by atoms with Gasteiger partial charge in [-0.25, -0.2) is 0 Å². The molecule has 1 heterocycles. The summed E-state index contributed by atoms with van der Waals surface area (Å²) in [6.07, 6.45) is 1.70. The Balaban J connectivity index is 2.40. The topological polar surface area (TPSA) is 21.3 Å². The van der Waals surface area contributed by atoms with E-state index < -0.39 is 0 Å². The van der Waals surface area contributed by atoms with E-state index in [0.717, 1.165) is 20.8 Å². The van der Waals surface area contributed by atoms with E-state index in [2.05, 4.69) is 21.2 Å². The third kappa shape index (κ3) is 1.81. The monoisotopic (exact) mass is 259 g/mol. The van der Waals surface area contributed by atoms with Crippen LogP contribution in [0.5, 0.6) is 0 Å². The summed E-state index contributed by atoms with van der Waals surface area (Å²) >= 11 is 9.26. The van der Waals surface area contributed by atoms with Gasteiger partial charge in [0.25, 0.3) is 0 Å². The van der Waals surface area contributed by atoms with Crippen molar-refractivity contribution in [2.24, 2.45) is 0 Å². The first-order valence-corrected chi connectivity index (χ1v) is 4.95. The molecule has 0 saturated carbocycles. The predicted octanol–water partition coefficient (Wildman–Crippen LogP) is 2.98. The smallest absolute Gasteiger partial charge is 0.158 e. The molecule has 0 amide bonds. The molecule has 4 heteroatoms. The Bertz CT molecular complexity index is 365. The van der Waals surface area contributed by atoms with Gasteiger partial charge in [0.2, 0.25) is 0 Å². The fourth-order valence-electron chi connectivity index (χ4n) is 1.15. The van der Waals surface area contributed by atoms with Crippen LogP contribution in [0.3, 0.4) is 0 Å². The Hall–Kier alpha value is -0.670. The molecule has 68 valence electrons. The Labute approximate surface area is 89.7 Å². The molecule has 1 aliphatic heterocycles. The van der Waals surface area contributed by atoms with Gasteiger partial charge in [-0.1, -0.05) is 33.6 Å². The van der Waals surface area contributed by atoms with Crippen LogP contribution in [0.1, 0.15) is 5.56 Å². The van der Waals surface area contributed by atoms with E-state index in [0.29, 0.717) is 6.73 Å². The zero-order chi connectivity index (χ0) is 9.26. The van der Waals surface area contributed by atoms with Gasteiger partial charge in [-0.2, -0.15) is 0 Å².